The molecule has 0 bridgehead atoms. The molecule has 2 aromatic rings. The lowest BCUT2D eigenvalue weighted by Gasteiger charge is -2.28. The van der Waals surface area contributed by atoms with Crippen molar-refractivity contribution in [2.45, 2.75) is 45.2 Å². The molecule has 1 fully saturated rings. The number of nitrogens with zero attached hydrogens (tertiary/aromatic N) is 4. The van der Waals surface area contributed by atoms with Gasteiger partial charge in [-0.05, 0) is 32.6 Å². The van der Waals surface area contributed by atoms with Crippen molar-refractivity contribution in [1.82, 2.24) is 30.4 Å². The van der Waals surface area contributed by atoms with Gasteiger partial charge >= 0.3 is 6.01 Å². The number of rotatable bonds is 6. The summed E-state index contributed by atoms with van der Waals surface area (Å²) in [7, 11) is 3.15. The maximum Gasteiger partial charge on any atom is 0.314 e. The van der Waals surface area contributed by atoms with Crippen LogP contribution in [0.3, 0.4) is 0 Å². The highest BCUT2D eigenvalue weighted by atomic mass is 32.1. The first-order chi connectivity index (χ1) is 14.4. The Morgan fingerprint density at radius 2 is 2.00 bits per heavy atom. The highest BCUT2D eigenvalue weighted by Gasteiger charge is 2.28. The Bertz CT molecular complexity index is 859. The first-order valence-corrected chi connectivity index (χ1v) is 10.3. The highest BCUT2D eigenvalue weighted by Crippen LogP contribution is 2.25. The van der Waals surface area contributed by atoms with E-state index in [0.29, 0.717) is 6.54 Å². The Morgan fingerprint density at radius 3 is 2.53 bits per heavy atom. The molecule has 1 saturated carbocycles. The number of aryl methyl sites for hydroxylation is 2. The van der Waals surface area contributed by atoms with E-state index >= 15 is 0 Å². The third kappa shape index (κ3) is 6.51. The quantitative estimate of drug-likeness (QED) is 0.563. The van der Waals surface area contributed by atoms with Gasteiger partial charge in [0.25, 0.3) is 12.4 Å². The SMILES string of the molecule is COc1nc(C(=O)NC2CCC(C(=O)NCc3csc(C)n3)CC2)nn1C.O=CO. The Balaban J connectivity index is 0.00000101. The zero-order valence-electron chi connectivity index (χ0n) is 17.1. The summed E-state index contributed by atoms with van der Waals surface area (Å²) >= 11 is 1.58. The van der Waals surface area contributed by atoms with Crippen molar-refractivity contribution < 1.29 is 24.2 Å². The number of methoxy groups -OCH3 is 1. The molecule has 0 saturated heterocycles. The van der Waals surface area contributed by atoms with Gasteiger partial charge in [-0.2, -0.15) is 4.98 Å². The van der Waals surface area contributed by atoms with E-state index in [4.69, 9.17) is 14.6 Å². The van der Waals surface area contributed by atoms with E-state index in [0.717, 1.165) is 36.4 Å². The van der Waals surface area contributed by atoms with Crippen molar-refractivity contribution in [1.29, 1.82) is 0 Å². The maximum absolute atomic E-state index is 12.3. The van der Waals surface area contributed by atoms with Crippen molar-refractivity contribution in [2.24, 2.45) is 13.0 Å². The molecule has 30 heavy (non-hydrogen) atoms. The predicted molar refractivity (Wildman–Crippen MR) is 108 cm³/mol. The summed E-state index contributed by atoms with van der Waals surface area (Å²) in [5, 5.41) is 19.8. The number of amides is 2. The minimum Gasteiger partial charge on any atom is -0.483 e. The summed E-state index contributed by atoms with van der Waals surface area (Å²) in [5.74, 6) is -0.194. The Kier molecular flexibility index (Phi) is 8.71. The van der Waals surface area contributed by atoms with Gasteiger partial charge in [-0.25, -0.2) is 9.67 Å². The number of aromatic nitrogens is 4. The van der Waals surface area contributed by atoms with Crippen LogP contribution in [0.1, 0.15) is 47.0 Å². The molecule has 164 valence electrons. The van der Waals surface area contributed by atoms with Crippen LogP contribution in [0.25, 0.3) is 0 Å². The summed E-state index contributed by atoms with van der Waals surface area (Å²) in [6.45, 7) is 2.16. The van der Waals surface area contributed by atoms with Crippen molar-refractivity contribution in [3.05, 3.63) is 21.9 Å². The maximum atomic E-state index is 12.3. The Hall–Kier alpha value is -3.02. The van der Waals surface area contributed by atoms with Crippen LogP contribution in [-0.4, -0.2) is 56.3 Å². The molecule has 0 atom stereocenters. The summed E-state index contributed by atoms with van der Waals surface area (Å²) < 4.78 is 6.44. The topological polar surface area (TPSA) is 148 Å². The van der Waals surface area contributed by atoms with E-state index in [-0.39, 0.29) is 42.1 Å². The van der Waals surface area contributed by atoms with Gasteiger partial charge in [-0.3, -0.25) is 14.4 Å². The standard InChI is InChI=1S/C17H24N6O3S.CH2O2/c1-10-19-13(9-27-10)8-18-15(24)11-4-6-12(7-5-11)20-16(25)14-21-17(26-3)23(2)22-14;2-1-3/h9,11-12H,4-8H2,1-3H3,(H,18,24)(H,20,25);1H,(H,2,3). The summed E-state index contributed by atoms with van der Waals surface area (Å²) in [4.78, 5) is 41.4. The molecule has 2 heterocycles. The minimum atomic E-state index is -0.319. The Labute approximate surface area is 177 Å². The van der Waals surface area contributed by atoms with Gasteiger partial charge in [-0.1, -0.05) is 0 Å². The molecular weight excluding hydrogens is 412 g/mol. The Morgan fingerprint density at radius 1 is 1.33 bits per heavy atom. The molecule has 3 rings (SSSR count). The van der Waals surface area contributed by atoms with Gasteiger partial charge in [0.05, 0.1) is 24.4 Å². The van der Waals surface area contributed by atoms with Crippen molar-refractivity contribution in [3.63, 3.8) is 0 Å². The van der Waals surface area contributed by atoms with E-state index < -0.39 is 0 Å². The lowest BCUT2D eigenvalue weighted by molar-refractivity contribution is -0.126. The third-order valence-electron chi connectivity index (χ3n) is 4.65. The molecule has 0 aromatic carbocycles. The molecule has 2 amide bonds. The van der Waals surface area contributed by atoms with Crippen LogP contribution in [0.2, 0.25) is 0 Å². The molecule has 0 spiro atoms. The first-order valence-electron chi connectivity index (χ1n) is 9.40. The number of ether oxygens (including phenoxy) is 1. The third-order valence-corrected chi connectivity index (χ3v) is 5.47. The van der Waals surface area contributed by atoms with Gasteiger partial charge in [-0.15, -0.1) is 16.4 Å². The fourth-order valence-electron chi connectivity index (χ4n) is 3.21. The molecule has 1 aliphatic rings. The predicted octanol–water partition coefficient (Wildman–Crippen LogP) is 0.894. The van der Waals surface area contributed by atoms with Crippen molar-refractivity contribution in [3.8, 4) is 6.01 Å². The normalized spacial score (nSPS) is 18.0. The molecule has 2 aromatic heterocycles. The second-order valence-corrected chi connectivity index (χ2v) is 7.81. The van der Waals surface area contributed by atoms with Crippen LogP contribution < -0.4 is 15.4 Å². The smallest absolute Gasteiger partial charge is 0.314 e. The summed E-state index contributed by atoms with van der Waals surface area (Å²) in [6, 6.07) is 0.313. The lowest BCUT2D eigenvalue weighted by Crippen LogP contribution is -2.41. The molecular formula is C18H26N6O5S. The fraction of sp³-hybridized carbons (Fsp3) is 0.556. The van der Waals surface area contributed by atoms with Gasteiger partial charge in [0, 0.05) is 24.4 Å². The van der Waals surface area contributed by atoms with Crippen molar-refractivity contribution >= 4 is 29.6 Å². The first kappa shape index (κ1) is 23.3. The molecule has 0 aliphatic heterocycles. The van der Waals surface area contributed by atoms with Gasteiger partial charge < -0.3 is 20.5 Å². The zero-order chi connectivity index (χ0) is 22.1. The monoisotopic (exact) mass is 438 g/mol. The van der Waals surface area contributed by atoms with Crippen LogP contribution in [0.15, 0.2) is 5.38 Å². The van der Waals surface area contributed by atoms with Gasteiger partial charge in [0.2, 0.25) is 11.7 Å². The molecule has 0 radical (unpaired) electrons. The molecule has 3 N–H and O–H groups in total. The summed E-state index contributed by atoms with van der Waals surface area (Å²) in [5.41, 5.74) is 0.894. The largest absolute Gasteiger partial charge is 0.483 e. The molecule has 1 aliphatic carbocycles. The number of carboxylic acid groups (broad SMARTS) is 1. The van der Waals surface area contributed by atoms with E-state index in [9.17, 15) is 9.59 Å². The van der Waals surface area contributed by atoms with Gasteiger partial charge in [0.15, 0.2) is 0 Å². The highest BCUT2D eigenvalue weighted by molar-refractivity contribution is 7.09. The number of carbonyl (C=O) groups is 3. The van der Waals surface area contributed by atoms with Gasteiger partial charge in [0.1, 0.15) is 0 Å². The number of thiazole rings is 1. The van der Waals surface area contributed by atoms with Crippen LogP contribution in [0, 0.1) is 12.8 Å². The second-order valence-electron chi connectivity index (χ2n) is 6.75. The summed E-state index contributed by atoms with van der Waals surface area (Å²) in [6.07, 6.45) is 2.99. The zero-order valence-corrected chi connectivity index (χ0v) is 17.9. The fourth-order valence-corrected chi connectivity index (χ4v) is 3.82. The van der Waals surface area contributed by atoms with Crippen molar-refractivity contribution in [2.75, 3.05) is 7.11 Å². The molecule has 11 nitrogen and oxygen atoms in total. The van der Waals surface area contributed by atoms with E-state index in [1.165, 1.54) is 11.8 Å². The van der Waals surface area contributed by atoms with E-state index in [1.54, 1.807) is 18.4 Å². The van der Waals surface area contributed by atoms with Crippen LogP contribution in [-0.2, 0) is 23.2 Å². The van der Waals surface area contributed by atoms with Crippen LogP contribution in [0.5, 0.6) is 6.01 Å². The average Bonchev–Trinajstić information content (AvgIpc) is 3.32. The second kappa shape index (κ2) is 11.2. The van der Waals surface area contributed by atoms with E-state index in [2.05, 4.69) is 25.7 Å². The molecule has 0 unspecified atom stereocenters. The number of hydrogen-bond donors (Lipinski definition) is 3. The molecule has 12 heteroatoms. The minimum absolute atomic E-state index is 0.0223. The van der Waals surface area contributed by atoms with Crippen LogP contribution >= 0.6 is 11.3 Å². The number of hydrogen-bond acceptors (Lipinski definition) is 8. The number of carbonyl (C=O) groups excluding carboxylic acids is 2. The number of nitrogens with one attached hydrogen (secondary N) is 2. The lowest BCUT2D eigenvalue weighted by atomic mass is 9.85. The average molecular weight is 439 g/mol. The van der Waals surface area contributed by atoms with E-state index in [1.807, 2.05) is 12.3 Å². The van der Waals surface area contributed by atoms with Crippen LogP contribution in [0.4, 0.5) is 0 Å².